The van der Waals surface area contributed by atoms with Crippen LogP contribution in [0.1, 0.15) is 57.6 Å². The summed E-state index contributed by atoms with van der Waals surface area (Å²) in [4.78, 5) is 4.33. The average molecular weight is 264 g/mol. The highest BCUT2D eigenvalue weighted by molar-refractivity contribution is 4.87. The molecule has 1 N–H and O–H groups in total. The standard InChI is InChI=1S/C15H28N4/c1-12-17-13(2)19(18-12)10-6-9-16-14-7-5-8-15(3,4)11-14/h14,16H,5-11H2,1-4H3/t14-/m1/s1. The van der Waals surface area contributed by atoms with Gasteiger partial charge in [0.15, 0.2) is 0 Å². The molecule has 108 valence electrons. The first-order valence-corrected chi connectivity index (χ1v) is 7.58. The lowest BCUT2D eigenvalue weighted by Crippen LogP contribution is -2.37. The lowest BCUT2D eigenvalue weighted by Gasteiger charge is -2.35. The summed E-state index contributed by atoms with van der Waals surface area (Å²) in [6.07, 6.45) is 6.52. The van der Waals surface area contributed by atoms with Crippen LogP contribution >= 0.6 is 0 Å². The molecule has 0 spiro atoms. The summed E-state index contributed by atoms with van der Waals surface area (Å²) >= 11 is 0. The van der Waals surface area contributed by atoms with Crippen LogP contribution < -0.4 is 5.32 Å². The molecule has 2 rings (SSSR count). The van der Waals surface area contributed by atoms with Crippen molar-refractivity contribution in [2.75, 3.05) is 6.54 Å². The predicted molar refractivity (Wildman–Crippen MR) is 78.2 cm³/mol. The van der Waals surface area contributed by atoms with E-state index in [1.807, 2.05) is 18.5 Å². The lowest BCUT2D eigenvalue weighted by atomic mass is 9.75. The van der Waals surface area contributed by atoms with E-state index < -0.39 is 0 Å². The molecule has 1 atom stereocenters. The van der Waals surface area contributed by atoms with Gasteiger partial charge in [-0.15, -0.1) is 0 Å². The Bertz CT molecular complexity index is 408. The average Bonchev–Trinajstić information content (AvgIpc) is 2.62. The van der Waals surface area contributed by atoms with Crippen molar-refractivity contribution >= 4 is 0 Å². The van der Waals surface area contributed by atoms with Gasteiger partial charge in [0.2, 0.25) is 0 Å². The summed E-state index contributed by atoms with van der Waals surface area (Å²) in [5.74, 6) is 1.90. The first-order chi connectivity index (χ1) is 8.96. The number of nitrogens with one attached hydrogen (secondary N) is 1. The molecule has 0 amide bonds. The molecule has 0 radical (unpaired) electrons. The second-order valence-electron chi connectivity index (χ2n) is 6.69. The van der Waals surface area contributed by atoms with Crippen LogP contribution in [0.25, 0.3) is 0 Å². The van der Waals surface area contributed by atoms with Gasteiger partial charge >= 0.3 is 0 Å². The smallest absolute Gasteiger partial charge is 0.147 e. The van der Waals surface area contributed by atoms with E-state index in [2.05, 4.69) is 29.2 Å². The Hall–Kier alpha value is -0.900. The first-order valence-electron chi connectivity index (χ1n) is 7.58. The van der Waals surface area contributed by atoms with E-state index >= 15 is 0 Å². The molecule has 4 heteroatoms. The van der Waals surface area contributed by atoms with E-state index in [0.717, 1.165) is 31.2 Å². The highest BCUT2D eigenvalue weighted by Crippen LogP contribution is 2.34. The maximum atomic E-state index is 4.40. The third-order valence-corrected chi connectivity index (χ3v) is 4.15. The molecule has 1 fully saturated rings. The molecule has 19 heavy (non-hydrogen) atoms. The van der Waals surface area contributed by atoms with E-state index in [1.54, 1.807) is 0 Å². The summed E-state index contributed by atoms with van der Waals surface area (Å²) in [5, 5.41) is 8.11. The second kappa shape index (κ2) is 6.04. The molecule has 4 nitrogen and oxygen atoms in total. The SMILES string of the molecule is Cc1nc(C)n(CCCN[C@@H]2CCCC(C)(C)C2)n1. The zero-order chi connectivity index (χ0) is 13.9. The number of rotatable bonds is 5. The molecule has 0 saturated heterocycles. The van der Waals surface area contributed by atoms with Crippen molar-refractivity contribution in [2.45, 2.75) is 72.4 Å². The molecule has 1 saturated carbocycles. The Morgan fingerprint density at radius 3 is 2.79 bits per heavy atom. The van der Waals surface area contributed by atoms with Crippen LogP contribution in [0.15, 0.2) is 0 Å². The van der Waals surface area contributed by atoms with E-state index in [1.165, 1.54) is 25.7 Å². The quantitative estimate of drug-likeness (QED) is 0.832. The number of aromatic nitrogens is 3. The summed E-state index contributed by atoms with van der Waals surface area (Å²) in [6, 6.07) is 0.710. The van der Waals surface area contributed by atoms with Crippen LogP contribution in [0.2, 0.25) is 0 Å². The third-order valence-electron chi connectivity index (χ3n) is 4.15. The Balaban J connectivity index is 1.68. The summed E-state index contributed by atoms with van der Waals surface area (Å²) in [7, 11) is 0. The molecule has 1 aliphatic rings. The van der Waals surface area contributed by atoms with Crippen LogP contribution in [0, 0.1) is 19.3 Å². The Morgan fingerprint density at radius 1 is 1.37 bits per heavy atom. The predicted octanol–water partition coefficient (Wildman–Crippen LogP) is 2.84. The van der Waals surface area contributed by atoms with Crippen LogP contribution in [-0.2, 0) is 6.54 Å². The third kappa shape index (κ3) is 4.30. The fourth-order valence-electron chi connectivity index (χ4n) is 3.18. The van der Waals surface area contributed by atoms with Gasteiger partial charge in [0.1, 0.15) is 11.6 Å². The van der Waals surface area contributed by atoms with Gasteiger partial charge in [0.25, 0.3) is 0 Å². The van der Waals surface area contributed by atoms with Crippen LogP contribution in [-0.4, -0.2) is 27.4 Å². The minimum atomic E-state index is 0.523. The van der Waals surface area contributed by atoms with Gasteiger partial charge in [-0.3, -0.25) is 4.68 Å². The molecule has 1 heterocycles. The molecule has 0 bridgehead atoms. The molecule has 0 unspecified atom stereocenters. The van der Waals surface area contributed by atoms with Gasteiger partial charge in [0, 0.05) is 12.6 Å². The normalized spacial score (nSPS) is 22.6. The molecule has 1 aromatic rings. The Kier molecular flexibility index (Phi) is 4.61. The van der Waals surface area contributed by atoms with E-state index in [0.29, 0.717) is 11.5 Å². The van der Waals surface area contributed by atoms with Gasteiger partial charge in [-0.1, -0.05) is 20.3 Å². The van der Waals surface area contributed by atoms with Crippen LogP contribution in [0.4, 0.5) is 0 Å². The second-order valence-corrected chi connectivity index (χ2v) is 6.69. The van der Waals surface area contributed by atoms with E-state index in [-0.39, 0.29) is 0 Å². The number of hydrogen-bond donors (Lipinski definition) is 1. The van der Waals surface area contributed by atoms with Crippen molar-refractivity contribution in [1.29, 1.82) is 0 Å². The molecule has 1 aliphatic carbocycles. The Morgan fingerprint density at radius 2 is 2.16 bits per heavy atom. The van der Waals surface area contributed by atoms with Gasteiger partial charge in [-0.25, -0.2) is 4.98 Å². The highest BCUT2D eigenvalue weighted by atomic mass is 15.3. The zero-order valence-electron chi connectivity index (χ0n) is 12.9. The monoisotopic (exact) mass is 264 g/mol. The number of aryl methyl sites for hydroxylation is 3. The first kappa shape index (κ1) is 14.5. The molecular weight excluding hydrogens is 236 g/mol. The number of hydrogen-bond acceptors (Lipinski definition) is 3. The van der Waals surface area contributed by atoms with Crippen molar-refractivity contribution in [3.05, 3.63) is 11.6 Å². The minimum absolute atomic E-state index is 0.523. The van der Waals surface area contributed by atoms with Gasteiger partial charge in [0.05, 0.1) is 0 Å². The molecule has 0 aromatic carbocycles. The maximum absolute atomic E-state index is 4.40. The fraction of sp³-hybridized carbons (Fsp3) is 0.867. The zero-order valence-corrected chi connectivity index (χ0v) is 12.9. The topological polar surface area (TPSA) is 42.7 Å². The van der Waals surface area contributed by atoms with Gasteiger partial charge in [-0.05, 0) is 51.5 Å². The summed E-state index contributed by atoms with van der Waals surface area (Å²) in [6.45, 7) is 10.8. The summed E-state index contributed by atoms with van der Waals surface area (Å²) in [5.41, 5.74) is 0.523. The largest absolute Gasteiger partial charge is 0.314 e. The van der Waals surface area contributed by atoms with Crippen molar-refractivity contribution in [2.24, 2.45) is 5.41 Å². The molecular formula is C15H28N4. The Labute approximate surface area is 117 Å². The summed E-state index contributed by atoms with van der Waals surface area (Å²) < 4.78 is 2.02. The van der Waals surface area contributed by atoms with E-state index in [4.69, 9.17) is 0 Å². The minimum Gasteiger partial charge on any atom is -0.314 e. The van der Waals surface area contributed by atoms with Crippen LogP contribution in [0.3, 0.4) is 0 Å². The van der Waals surface area contributed by atoms with Gasteiger partial charge in [-0.2, -0.15) is 5.10 Å². The van der Waals surface area contributed by atoms with E-state index in [9.17, 15) is 0 Å². The van der Waals surface area contributed by atoms with Crippen LogP contribution in [0.5, 0.6) is 0 Å². The molecule has 1 aromatic heterocycles. The highest BCUT2D eigenvalue weighted by Gasteiger charge is 2.27. The maximum Gasteiger partial charge on any atom is 0.147 e. The van der Waals surface area contributed by atoms with Crippen molar-refractivity contribution in [1.82, 2.24) is 20.1 Å². The van der Waals surface area contributed by atoms with Crippen molar-refractivity contribution < 1.29 is 0 Å². The fourth-order valence-corrected chi connectivity index (χ4v) is 3.18. The lowest BCUT2D eigenvalue weighted by molar-refractivity contribution is 0.198. The van der Waals surface area contributed by atoms with Gasteiger partial charge < -0.3 is 5.32 Å². The molecule has 0 aliphatic heterocycles. The number of nitrogens with zero attached hydrogens (tertiary/aromatic N) is 3. The van der Waals surface area contributed by atoms with Crippen molar-refractivity contribution in [3.8, 4) is 0 Å². The van der Waals surface area contributed by atoms with Crippen molar-refractivity contribution in [3.63, 3.8) is 0 Å².